The van der Waals surface area contributed by atoms with E-state index in [0.717, 1.165) is 13.1 Å². The van der Waals surface area contributed by atoms with Gasteiger partial charge in [-0.15, -0.1) is 0 Å². The zero-order valence-corrected chi connectivity index (χ0v) is 14.4. The highest BCUT2D eigenvalue weighted by molar-refractivity contribution is 5.51. The first kappa shape index (κ1) is 16.4. The molecule has 0 saturated carbocycles. The molecule has 0 aliphatic carbocycles. The topological polar surface area (TPSA) is 15.3 Å². The van der Waals surface area contributed by atoms with Gasteiger partial charge >= 0.3 is 0 Å². The number of benzene rings is 1. The van der Waals surface area contributed by atoms with Gasteiger partial charge in [0, 0.05) is 30.4 Å². The number of anilines is 1. The molecular weight excluding hydrogens is 256 g/mol. The van der Waals surface area contributed by atoms with Gasteiger partial charge in [0.25, 0.3) is 0 Å². The Balaban J connectivity index is 2.30. The number of hydrogen-bond donors (Lipinski definition) is 1. The molecule has 1 unspecified atom stereocenters. The van der Waals surface area contributed by atoms with Crippen LogP contribution in [0.1, 0.15) is 65.4 Å². The van der Waals surface area contributed by atoms with Crippen LogP contribution in [-0.4, -0.2) is 24.7 Å². The lowest BCUT2D eigenvalue weighted by Crippen LogP contribution is -2.64. The summed E-state index contributed by atoms with van der Waals surface area (Å²) in [5.41, 5.74) is 3.12. The average Bonchev–Trinajstić information content (AvgIpc) is 2.54. The van der Waals surface area contributed by atoms with E-state index in [4.69, 9.17) is 0 Å². The average molecular weight is 288 g/mol. The van der Waals surface area contributed by atoms with Crippen LogP contribution >= 0.6 is 0 Å². The van der Waals surface area contributed by atoms with Crippen LogP contribution < -0.4 is 10.2 Å². The predicted octanol–water partition coefficient (Wildman–Crippen LogP) is 4.56. The lowest BCUT2D eigenvalue weighted by molar-refractivity contribution is 0.246. The molecule has 21 heavy (non-hydrogen) atoms. The Morgan fingerprint density at radius 2 is 1.95 bits per heavy atom. The molecule has 1 N–H and O–H groups in total. The van der Waals surface area contributed by atoms with Gasteiger partial charge < -0.3 is 10.2 Å². The first-order chi connectivity index (χ1) is 10.0. The molecule has 1 aromatic carbocycles. The van der Waals surface area contributed by atoms with Crippen LogP contribution in [0.25, 0.3) is 0 Å². The number of rotatable bonds is 5. The highest BCUT2D eigenvalue weighted by Crippen LogP contribution is 2.30. The Labute approximate surface area is 130 Å². The molecule has 0 radical (unpaired) electrons. The first-order valence-electron chi connectivity index (χ1n) is 8.66. The number of hydrogen-bond acceptors (Lipinski definition) is 2. The molecule has 1 heterocycles. The van der Waals surface area contributed by atoms with Crippen LogP contribution in [0.3, 0.4) is 0 Å². The van der Waals surface area contributed by atoms with E-state index in [2.05, 4.69) is 69.1 Å². The smallest absolute Gasteiger partial charge is 0.0412 e. The molecule has 118 valence electrons. The molecule has 1 aromatic rings. The molecule has 0 spiro atoms. The van der Waals surface area contributed by atoms with Crippen LogP contribution in [0.5, 0.6) is 0 Å². The maximum absolute atomic E-state index is 3.83. The minimum atomic E-state index is 0.277. The maximum atomic E-state index is 3.83. The Morgan fingerprint density at radius 3 is 2.52 bits per heavy atom. The van der Waals surface area contributed by atoms with Crippen LogP contribution in [0, 0.1) is 0 Å². The van der Waals surface area contributed by atoms with Gasteiger partial charge in [-0.1, -0.05) is 46.8 Å². The highest BCUT2D eigenvalue weighted by Gasteiger charge is 2.36. The second-order valence-corrected chi connectivity index (χ2v) is 6.81. The molecule has 1 aliphatic heterocycles. The third kappa shape index (κ3) is 3.42. The van der Waals surface area contributed by atoms with Crippen molar-refractivity contribution in [2.75, 3.05) is 18.0 Å². The minimum absolute atomic E-state index is 0.277. The van der Waals surface area contributed by atoms with E-state index in [1.54, 1.807) is 0 Å². The predicted molar refractivity (Wildman–Crippen MR) is 93.3 cm³/mol. The summed E-state index contributed by atoms with van der Waals surface area (Å²) in [5.74, 6) is 0.593. The van der Waals surface area contributed by atoms with Crippen molar-refractivity contribution in [2.24, 2.45) is 0 Å². The summed E-state index contributed by atoms with van der Waals surface area (Å²) in [7, 11) is 0. The minimum Gasteiger partial charge on any atom is -0.365 e. The summed E-state index contributed by atoms with van der Waals surface area (Å²) < 4.78 is 0. The quantitative estimate of drug-likeness (QED) is 0.854. The fraction of sp³-hybridized carbons (Fsp3) is 0.684. The summed E-state index contributed by atoms with van der Waals surface area (Å²) >= 11 is 0. The van der Waals surface area contributed by atoms with Gasteiger partial charge in [0.1, 0.15) is 0 Å². The Hall–Kier alpha value is -1.02. The molecule has 0 bridgehead atoms. The van der Waals surface area contributed by atoms with Crippen molar-refractivity contribution >= 4 is 5.69 Å². The van der Waals surface area contributed by atoms with Gasteiger partial charge in [0.15, 0.2) is 0 Å². The fourth-order valence-electron chi connectivity index (χ4n) is 3.41. The van der Waals surface area contributed by atoms with Crippen LogP contribution in [0.2, 0.25) is 0 Å². The van der Waals surface area contributed by atoms with Crippen molar-refractivity contribution in [1.82, 2.24) is 5.32 Å². The van der Waals surface area contributed by atoms with Crippen LogP contribution in [-0.2, 0) is 0 Å². The molecule has 2 heteroatoms. The van der Waals surface area contributed by atoms with Crippen molar-refractivity contribution in [3.05, 3.63) is 29.8 Å². The van der Waals surface area contributed by atoms with E-state index in [1.165, 1.54) is 30.5 Å². The Kier molecular flexibility index (Phi) is 5.32. The van der Waals surface area contributed by atoms with Crippen molar-refractivity contribution < 1.29 is 0 Å². The Bertz CT molecular complexity index is 449. The molecular formula is C19H32N2. The third-order valence-corrected chi connectivity index (χ3v) is 5.32. The molecule has 1 aliphatic rings. The summed E-state index contributed by atoms with van der Waals surface area (Å²) in [6, 6.07) is 9.77. The molecule has 2 nitrogen and oxygen atoms in total. The third-order valence-electron chi connectivity index (χ3n) is 5.32. The van der Waals surface area contributed by atoms with E-state index < -0.39 is 0 Å². The van der Waals surface area contributed by atoms with Crippen molar-refractivity contribution in [1.29, 1.82) is 0 Å². The van der Waals surface area contributed by atoms with Crippen LogP contribution in [0.4, 0.5) is 5.69 Å². The van der Waals surface area contributed by atoms with Gasteiger partial charge in [-0.05, 0) is 42.9 Å². The van der Waals surface area contributed by atoms with Crippen molar-refractivity contribution in [2.45, 2.75) is 71.4 Å². The summed E-state index contributed by atoms with van der Waals surface area (Å²) in [6.07, 6.45) is 3.59. The second kappa shape index (κ2) is 6.83. The lowest BCUT2D eigenvalue weighted by Gasteiger charge is -2.48. The van der Waals surface area contributed by atoms with E-state index in [1.807, 2.05) is 0 Å². The number of nitrogens with zero attached hydrogens (tertiary/aromatic N) is 1. The van der Waals surface area contributed by atoms with Gasteiger partial charge in [-0.3, -0.25) is 0 Å². The van der Waals surface area contributed by atoms with Crippen molar-refractivity contribution in [3.63, 3.8) is 0 Å². The SMILES string of the molecule is CCC1CNC(CC)(CC)CN1c1cccc(C(C)C)c1. The zero-order valence-electron chi connectivity index (χ0n) is 14.4. The molecule has 0 amide bonds. The zero-order chi connectivity index (χ0) is 15.5. The molecule has 1 atom stereocenters. The van der Waals surface area contributed by atoms with E-state index in [-0.39, 0.29) is 5.54 Å². The van der Waals surface area contributed by atoms with Gasteiger partial charge in [0.2, 0.25) is 0 Å². The number of nitrogens with one attached hydrogen (secondary N) is 1. The monoisotopic (exact) mass is 288 g/mol. The normalized spacial score (nSPS) is 21.8. The highest BCUT2D eigenvalue weighted by atomic mass is 15.3. The molecule has 1 fully saturated rings. The first-order valence-corrected chi connectivity index (χ1v) is 8.66. The molecule has 1 saturated heterocycles. The second-order valence-electron chi connectivity index (χ2n) is 6.81. The number of piperazine rings is 1. The van der Waals surface area contributed by atoms with Crippen molar-refractivity contribution in [3.8, 4) is 0 Å². The fourth-order valence-corrected chi connectivity index (χ4v) is 3.41. The largest absolute Gasteiger partial charge is 0.365 e. The van der Waals surface area contributed by atoms with E-state index >= 15 is 0 Å². The van der Waals surface area contributed by atoms with E-state index in [9.17, 15) is 0 Å². The summed E-state index contributed by atoms with van der Waals surface area (Å²) in [5, 5.41) is 3.83. The summed E-state index contributed by atoms with van der Waals surface area (Å²) in [6.45, 7) is 13.7. The molecule has 0 aromatic heterocycles. The van der Waals surface area contributed by atoms with Crippen LogP contribution in [0.15, 0.2) is 24.3 Å². The standard InChI is InChI=1S/C19H32N2/c1-6-17-13-20-19(7-2,8-3)14-21(17)18-11-9-10-16(12-18)15(4)5/h9-12,15,17,20H,6-8,13-14H2,1-5H3. The van der Waals surface area contributed by atoms with Gasteiger partial charge in [-0.25, -0.2) is 0 Å². The Morgan fingerprint density at radius 1 is 1.24 bits per heavy atom. The van der Waals surface area contributed by atoms with Gasteiger partial charge in [-0.2, -0.15) is 0 Å². The van der Waals surface area contributed by atoms with E-state index in [0.29, 0.717) is 12.0 Å². The summed E-state index contributed by atoms with van der Waals surface area (Å²) in [4.78, 5) is 2.65. The van der Waals surface area contributed by atoms with Gasteiger partial charge in [0.05, 0.1) is 0 Å². The maximum Gasteiger partial charge on any atom is 0.0412 e. The molecule has 2 rings (SSSR count). The lowest BCUT2D eigenvalue weighted by atomic mass is 9.87.